The van der Waals surface area contributed by atoms with Crippen LogP contribution in [0.15, 0.2) is 0 Å². The summed E-state index contributed by atoms with van der Waals surface area (Å²) in [7, 11) is 1.28. The largest absolute Gasteiger partial charge is 0.458 e. The molecule has 7 nitrogen and oxygen atoms in total. The standard InChI is InChI=1S/C15H27FN2O5/c1-14(2,3)22-12(20)10(8-9(16)11(19)17-7)18-13(21)23-15(4,5)6/h9-10H,8H2,1-7H3,(H,17,19)(H,18,21)/t9-,10+/m0/s1. The lowest BCUT2D eigenvalue weighted by molar-refractivity contribution is -0.158. The van der Waals surface area contributed by atoms with Gasteiger partial charge in [0.05, 0.1) is 0 Å². The third-order valence-corrected chi connectivity index (χ3v) is 2.36. The van der Waals surface area contributed by atoms with Crippen LogP contribution in [0.4, 0.5) is 9.18 Å². The topological polar surface area (TPSA) is 93.7 Å². The van der Waals surface area contributed by atoms with Crippen LogP contribution in [0, 0.1) is 0 Å². The van der Waals surface area contributed by atoms with Crippen LogP contribution < -0.4 is 10.6 Å². The van der Waals surface area contributed by atoms with E-state index < -0.39 is 47.8 Å². The Morgan fingerprint density at radius 3 is 1.87 bits per heavy atom. The third-order valence-electron chi connectivity index (χ3n) is 2.36. The second-order valence-electron chi connectivity index (χ2n) is 7.05. The Kier molecular flexibility index (Phi) is 7.47. The minimum absolute atomic E-state index is 0.548. The van der Waals surface area contributed by atoms with E-state index in [9.17, 15) is 18.8 Å². The molecule has 0 aromatic rings. The van der Waals surface area contributed by atoms with Gasteiger partial charge in [0.15, 0.2) is 6.17 Å². The van der Waals surface area contributed by atoms with Crippen LogP contribution in [0.5, 0.6) is 0 Å². The lowest BCUT2D eigenvalue weighted by atomic mass is 10.1. The van der Waals surface area contributed by atoms with Crippen LogP contribution in [0.25, 0.3) is 0 Å². The van der Waals surface area contributed by atoms with E-state index in [1.54, 1.807) is 41.5 Å². The van der Waals surface area contributed by atoms with E-state index in [1.165, 1.54) is 7.05 Å². The van der Waals surface area contributed by atoms with Gasteiger partial charge in [0.25, 0.3) is 5.91 Å². The number of nitrogens with one attached hydrogen (secondary N) is 2. The zero-order valence-corrected chi connectivity index (χ0v) is 14.8. The van der Waals surface area contributed by atoms with Crippen LogP contribution in [-0.2, 0) is 19.1 Å². The molecule has 23 heavy (non-hydrogen) atoms. The molecule has 0 saturated carbocycles. The van der Waals surface area contributed by atoms with Crippen LogP contribution in [0.1, 0.15) is 48.0 Å². The van der Waals surface area contributed by atoms with E-state index in [0.717, 1.165) is 0 Å². The summed E-state index contributed by atoms with van der Waals surface area (Å²) in [6, 6.07) is -1.34. The molecule has 0 aliphatic rings. The Morgan fingerprint density at radius 2 is 1.48 bits per heavy atom. The molecule has 2 atom stereocenters. The second kappa shape index (κ2) is 8.12. The van der Waals surface area contributed by atoms with E-state index in [4.69, 9.17) is 9.47 Å². The number of rotatable bonds is 5. The number of alkyl carbamates (subject to hydrolysis) is 1. The predicted octanol–water partition coefficient (Wildman–Crippen LogP) is 1.70. The minimum Gasteiger partial charge on any atom is -0.458 e. The smallest absolute Gasteiger partial charge is 0.408 e. The Balaban J connectivity index is 5.03. The zero-order chi connectivity index (χ0) is 18.4. The Labute approximate surface area is 136 Å². The summed E-state index contributed by atoms with van der Waals surface area (Å²) in [5.74, 6) is -1.72. The summed E-state index contributed by atoms with van der Waals surface area (Å²) in [6.45, 7) is 9.87. The second-order valence-corrected chi connectivity index (χ2v) is 7.05. The molecule has 0 spiro atoms. The van der Waals surface area contributed by atoms with Crippen molar-refractivity contribution in [3.63, 3.8) is 0 Å². The monoisotopic (exact) mass is 334 g/mol. The molecule has 0 aliphatic carbocycles. The molecule has 0 aromatic heterocycles. The van der Waals surface area contributed by atoms with Gasteiger partial charge in [-0.1, -0.05) is 0 Å². The van der Waals surface area contributed by atoms with Gasteiger partial charge in [-0.15, -0.1) is 0 Å². The number of ether oxygens (including phenoxy) is 2. The number of carbonyl (C=O) groups is 3. The predicted molar refractivity (Wildman–Crippen MR) is 82.6 cm³/mol. The van der Waals surface area contributed by atoms with Crippen molar-refractivity contribution < 1.29 is 28.2 Å². The molecule has 0 rings (SSSR count). The van der Waals surface area contributed by atoms with Crippen LogP contribution in [0.3, 0.4) is 0 Å². The minimum atomic E-state index is -1.97. The van der Waals surface area contributed by atoms with Gasteiger partial charge in [0.1, 0.15) is 17.2 Å². The molecular weight excluding hydrogens is 307 g/mol. The summed E-state index contributed by atoms with van der Waals surface area (Å²) < 4.78 is 24.0. The van der Waals surface area contributed by atoms with Gasteiger partial charge < -0.3 is 20.1 Å². The highest BCUT2D eigenvalue weighted by Gasteiger charge is 2.32. The first kappa shape index (κ1) is 21.1. The number of esters is 1. The van der Waals surface area contributed by atoms with Crippen LogP contribution in [-0.4, -0.2) is 48.4 Å². The molecule has 0 bridgehead atoms. The van der Waals surface area contributed by atoms with E-state index in [2.05, 4.69) is 10.6 Å². The highest BCUT2D eigenvalue weighted by molar-refractivity contribution is 5.84. The average Bonchev–Trinajstić information content (AvgIpc) is 2.32. The molecule has 0 unspecified atom stereocenters. The Bertz CT molecular complexity index is 440. The van der Waals surface area contributed by atoms with Crippen LogP contribution >= 0.6 is 0 Å². The van der Waals surface area contributed by atoms with Gasteiger partial charge in [-0.2, -0.15) is 0 Å². The molecule has 0 aliphatic heterocycles. The highest BCUT2D eigenvalue weighted by atomic mass is 19.1. The van der Waals surface area contributed by atoms with Gasteiger partial charge >= 0.3 is 12.1 Å². The number of halogens is 1. The molecule has 2 amide bonds. The molecular formula is C15H27FN2O5. The van der Waals surface area contributed by atoms with Crippen molar-refractivity contribution in [2.75, 3.05) is 7.05 Å². The molecule has 0 aromatic carbocycles. The number of hydrogen-bond donors (Lipinski definition) is 2. The first-order valence-corrected chi connectivity index (χ1v) is 7.33. The fraction of sp³-hybridized carbons (Fsp3) is 0.800. The molecule has 2 N–H and O–H groups in total. The lowest BCUT2D eigenvalue weighted by Gasteiger charge is -2.26. The van der Waals surface area contributed by atoms with Crippen molar-refractivity contribution >= 4 is 18.0 Å². The highest BCUT2D eigenvalue weighted by Crippen LogP contribution is 2.13. The van der Waals surface area contributed by atoms with Gasteiger partial charge in [-0.3, -0.25) is 4.79 Å². The van der Waals surface area contributed by atoms with Crippen molar-refractivity contribution in [2.45, 2.75) is 71.4 Å². The number of amides is 2. The SMILES string of the molecule is CNC(=O)[C@@H](F)C[C@@H](NC(=O)OC(C)(C)C)C(=O)OC(C)(C)C. The van der Waals surface area contributed by atoms with E-state index in [0.29, 0.717) is 0 Å². The molecule has 134 valence electrons. The Hall–Kier alpha value is -1.86. The summed E-state index contributed by atoms with van der Waals surface area (Å²) in [4.78, 5) is 35.2. The van der Waals surface area contributed by atoms with Crippen molar-refractivity contribution in [1.82, 2.24) is 10.6 Å². The zero-order valence-electron chi connectivity index (χ0n) is 14.8. The Morgan fingerprint density at radius 1 is 1.00 bits per heavy atom. The average molecular weight is 334 g/mol. The van der Waals surface area contributed by atoms with Crippen molar-refractivity contribution in [1.29, 1.82) is 0 Å². The maximum atomic E-state index is 13.8. The van der Waals surface area contributed by atoms with Gasteiger partial charge in [0.2, 0.25) is 0 Å². The fourth-order valence-electron chi connectivity index (χ4n) is 1.51. The molecule has 8 heteroatoms. The number of hydrogen-bond acceptors (Lipinski definition) is 5. The first-order chi connectivity index (χ1) is 10.2. The van der Waals surface area contributed by atoms with E-state index in [-0.39, 0.29) is 0 Å². The first-order valence-electron chi connectivity index (χ1n) is 7.33. The van der Waals surface area contributed by atoms with Gasteiger partial charge in [-0.05, 0) is 41.5 Å². The number of carbonyl (C=O) groups excluding carboxylic acids is 3. The molecule has 0 saturated heterocycles. The summed E-state index contributed by atoms with van der Waals surface area (Å²) in [5, 5.41) is 4.39. The van der Waals surface area contributed by atoms with E-state index >= 15 is 0 Å². The lowest BCUT2D eigenvalue weighted by Crippen LogP contribution is -2.48. The fourth-order valence-corrected chi connectivity index (χ4v) is 1.51. The maximum absolute atomic E-state index is 13.8. The summed E-state index contributed by atoms with van der Waals surface area (Å²) >= 11 is 0. The summed E-state index contributed by atoms with van der Waals surface area (Å²) in [6.07, 6.45) is -3.40. The normalized spacial score (nSPS) is 14.4. The molecule has 0 fully saturated rings. The van der Waals surface area contributed by atoms with Gasteiger partial charge in [0, 0.05) is 13.5 Å². The third kappa shape index (κ3) is 9.70. The maximum Gasteiger partial charge on any atom is 0.408 e. The number of alkyl halides is 1. The summed E-state index contributed by atoms with van der Waals surface area (Å²) in [5.41, 5.74) is -1.59. The van der Waals surface area contributed by atoms with Crippen molar-refractivity contribution in [3.8, 4) is 0 Å². The van der Waals surface area contributed by atoms with Crippen LogP contribution in [0.2, 0.25) is 0 Å². The van der Waals surface area contributed by atoms with Gasteiger partial charge in [-0.25, -0.2) is 14.0 Å². The van der Waals surface area contributed by atoms with Crippen molar-refractivity contribution in [3.05, 3.63) is 0 Å². The quantitative estimate of drug-likeness (QED) is 0.746. The van der Waals surface area contributed by atoms with Crippen molar-refractivity contribution in [2.24, 2.45) is 0 Å². The van der Waals surface area contributed by atoms with E-state index in [1.807, 2.05) is 0 Å². The molecule has 0 heterocycles. The molecule has 0 radical (unpaired) electrons.